The molecule has 0 saturated carbocycles. The molecule has 2 aromatic heterocycles. The molecule has 25 heavy (non-hydrogen) atoms. The van der Waals surface area contributed by atoms with Crippen LogP contribution in [0.15, 0.2) is 35.0 Å². The van der Waals surface area contributed by atoms with Gasteiger partial charge < -0.3 is 14.5 Å². The lowest BCUT2D eigenvalue weighted by atomic mass is 10.1. The summed E-state index contributed by atoms with van der Waals surface area (Å²) in [4.78, 5) is 20.6. The van der Waals surface area contributed by atoms with E-state index in [1.165, 1.54) is 6.33 Å². The summed E-state index contributed by atoms with van der Waals surface area (Å²) in [5, 5.41) is 4.51. The predicted octanol–water partition coefficient (Wildman–Crippen LogP) is 4.02. The standard InChI is InChI=1S/C18H18ClN3O3/c1-3-24-18(23)14-11(2)25-17-15(14)16(21-10-22-17)20-9-8-12-4-6-13(19)7-5-12/h4-7,10H,3,8-9H2,1-2H3,(H,20,21,22). The number of fused-ring (bicyclic) bond motifs is 1. The maximum absolute atomic E-state index is 12.2. The number of nitrogens with one attached hydrogen (secondary N) is 1. The highest BCUT2D eigenvalue weighted by molar-refractivity contribution is 6.30. The fraction of sp³-hybridized carbons (Fsp3) is 0.278. The van der Waals surface area contributed by atoms with Gasteiger partial charge in [-0.3, -0.25) is 0 Å². The lowest BCUT2D eigenvalue weighted by Crippen LogP contribution is -2.10. The molecule has 1 aromatic carbocycles. The van der Waals surface area contributed by atoms with E-state index in [0.29, 0.717) is 39.8 Å². The number of furan rings is 1. The third-order valence-corrected chi connectivity index (χ3v) is 4.02. The number of aryl methyl sites for hydroxylation is 1. The highest BCUT2D eigenvalue weighted by Crippen LogP contribution is 2.29. The van der Waals surface area contributed by atoms with Crippen molar-refractivity contribution >= 4 is 34.5 Å². The third kappa shape index (κ3) is 3.74. The van der Waals surface area contributed by atoms with Crippen molar-refractivity contribution in [3.05, 3.63) is 52.5 Å². The quantitative estimate of drug-likeness (QED) is 0.670. The predicted molar refractivity (Wildman–Crippen MR) is 96.1 cm³/mol. The summed E-state index contributed by atoms with van der Waals surface area (Å²) < 4.78 is 10.7. The normalized spacial score (nSPS) is 10.8. The summed E-state index contributed by atoms with van der Waals surface area (Å²) in [5.74, 6) is 0.586. The second-order valence-corrected chi connectivity index (χ2v) is 5.90. The number of aromatic nitrogens is 2. The van der Waals surface area contributed by atoms with Gasteiger partial charge in [-0.05, 0) is 38.0 Å². The molecule has 1 N–H and O–H groups in total. The van der Waals surface area contributed by atoms with Crippen LogP contribution in [0.2, 0.25) is 5.02 Å². The van der Waals surface area contributed by atoms with Crippen LogP contribution in [0.4, 0.5) is 5.82 Å². The van der Waals surface area contributed by atoms with Crippen molar-refractivity contribution in [3.8, 4) is 0 Å². The maximum atomic E-state index is 12.2. The Kier molecular flexibility index (Phi) is 5.19. The first-order valence-electron chi connectivity index (χ1n) is 7.99. The van der Waals surface area contributed by atoms with Gasteiger partial charge in [0, 0.05) is 11.6 Å². The van der Waals surface area contributed by atoms with E-state index >= 15 is 0 Å². The Morgan fingerprint density at radius 2 is 2.04 bits per heavy atom. The van der Waals surface area contributed by atoms with Crippen LogP contribution < -0.4 is 5.32 Å². The van der Waals surface area contributed by atoms with Gasteiger partial charge in [-0.15, -0.1) is 0 Å². The van der Waals surface area contributed by atoms with Crippen molar-refractivity contribution in [1.29, 1.82) is 0 Å². The molecular weight excluding hydrogens is 342 g/mol. The fourth-order valence-electron chi connectivity index (χ4n) is 2.60. The molecule has 0 unspecified atom stereocenters. The lowest BCUT2D eigenvalue weighted by Gasteiger charge is -2.08. The molecule has 2 heterocycles. The number of ether oxygens (including phenoxy) is 1. The molecule has 0 fully saturated rings. The molecular formula is C18H18ClN3O3. The molecule has 0 spiro atoms. The van der Waals surface area contributed by atoms with Gasteiger partial charge in [0.2, 0.25) is 5.71 Å². The SMILES string of the molecule is CCOC(=O)c1c(C)oc2ncnc(NCCc3ccc(Cl)cc3)c12. The Morgan fingerprint density at radius 3 is 2.76 bits per heavy atom. The van der Waals surface area contributed by atoms with E-state index in [0.717, 1.165) is 12.0 Å². The highest BCUT2D eigenvalue weighted by Gasteiger charge is 2.23. The number of benzene rings is 1. The number of rotatable bonds is 6. The summed E-state index contributed by atoms with van der Waals surface area (Å²) in [6.45, 7) is 4.40. The van der Waals surface area contributed by atoms with Gasteiger partial charge in [0.05, 0.1) is 12.0 Å². The minimum Gasteiger partial charge on any atom is -0.462 e. The zero-order valence-electron chi connectivity index (χ0n) is 14.0. The average Bonchev–Trinajstić information content (AvgIpc) is 2.93. The van der Waals surface area contributed by atoms with Crippen LogP contribution in [0.3, 0.4) is 0 Å². The fourth-order valence-corrected chi connectivity index (χ4v) is 2.73. The zero-order valence-corrected chi connectivity index (χ0v) is 14.8. The minimum absolute atomic E-state index is 0.290. The average molecular weight is 360 g/mol. The van der Waals surface area contributed by atoms with Crippen molar-refractivity contribution < 1.29 is 13.9 Å². The van der Waals surface area contributed by atoms with Gasteiger partial charge >= 0.3 is 5.97 Å². The number of carbonyl (C=O) groups is 1. The van der Waals surface area contributed by atoms with E-state index in [4.69, 9.17) is 20.8 Å². The Morgan fingerprint density at radius 1 is 1.28 bits per heavy atom. The maximum Gasteiger partial charge on any atom is 0.342 e. The molecule has 0 aliphatic rings. The Bertz CT molecular complexity index is 890. The summed E-state index contributed by atoms with van der Waals surface area (Å²) in [5.41, 5.74) is 1.88. The molecule has 6 nitrogen and oxygen atoms in total. The third-order valence-electron chi connectivity index (χ3n) is 3.76. The molecule has 0 radical (unpaired) electrons. The topological polar surface area (TPSA) is 77.2 Å². The largest absolute Gasteiger partial charge is 0.462 e. The van der Waals surface area contributed by atoms with Crippen molar-refractivity contribution in [2.24, 2.45) is 0 Å². The molecule has 0 saturated heterocycles. The number of hydrogen-bond donors (Lipinski definition) is 1. The van der Waals surface area contributed by atoms with Crippen molar-refractivity contribution in [2.45, 2.75) is 20.3 Å². The Labute approximate surface area is 150 Å². The van der Waals surface area contributed by atoms with Crippen molar-refractivity contribution in [1.82, 2.24) is 9.97 Å². The zero-order chi connectivity index (χ0) is 17.8. The van der Waals surface area contributed by atoms with Gasteiger partial charge in [-0.25, -0.2) is 14.8 Å². The summed E-state index contributed by atoms with van der Waals surface area (Å²) in [7, 11) is 0. The second kappa shape index (κ2) is 7.53. The highest BCUT2D eigenvalue weighted by atomic mass is 35.5. The van der Waals surface area contributed by atoms with Gasteiger partial charge in [-0.1, -0.05) is 23.7 Å². The van der Waals surface area contributed by atoms with Gasteiger partial charge in [-0.2, -0.15) is 0 Å². The van der Waals surface area contributed by atoms with Gasteiger partial charge in [0.15, 0.2) is 0 Å². The van der Waals surface area contributed by atoms with E-state index in [-0.39, 0.29) is 6.61 Å². The minimum atomic E-state index is -0.436. The number of halogens is 1. The molecule has 0 atom stereocenters. The number of carbonyl (C=O) groups excluding carboxylic acids is 1. The van der Waals surface area contributed by atoms with Crippen LogP contribution in [-0.4, -0.2) is 29.1 Å². The summed E-state index contributed by atoms with van der Waals surface area (Å²) >= 11 is 5.90. The molecule has 0 aliphatic heterocycles. The van der Waals surface area contributed by atoms with E-state index in [9.17, 15) is 4.79 Å². The van der Waals surface area contributed by atoms with Gasteiger partial charge in [0.25, 0.3) is 0 Å². The molecule has 7 heteroatoms. The molecule has 3 rings (SSSR count). The number of hydrogen-bond acceptors (Lipinski definition) is 6. The lowest BCUT2D eigenvalue weighted by molar-refractivity contribution is 0.0526. The van der Waals surface area contributed by atoms with Crippen molar-refractivity contribution in [3.63, 3.8) is 0 Å². The monoisotopic (exact) mass is 359 g/mol. The van der Waals surface area contributed by atoms with Gasteiger partial charge in [0.1, 0.15) is 23.5 Å². The summed E-state index contributed by atoms with van der Waals surface area (Å²) in [6, 6.07) is 7.67. The van der Waals surface area contributed by atoms with E-state index in [1.54, 1.807) is 13.8 Å². The second-order valence-electron chi connectivity index (χ2n) is 5.46. The smallest absolute Gasteiger partial charge is 0.342 e. The molecule has 130 valence electrons. The molecule has 0 aliphatic carbocycles. The van der Waals surface area contributed by atoms with E-state index in [2.05, 4.69) is 15.3 Å². The van der Waals surface area contributed by atoms with Crippen LogP contribution >= 0.6 is 11.6 Å². The van der Waals surface area contributed by atoms with E-state index in [1.807, 2.05) is 24.3 Å². The van der Waals surface area contributed by atoms with Crippen LogP contribution in [0.25, 0.3) is 11.1 Å². The van der Waals surface area contributed by atoms with Crippen LogP contribution in [-0.2, 0) is 11.2 Å². The first-order valence-corrected chi connectivity index (χ1v) is 8.37. The van der Waals surface area contributed by atoms with Crippen LogP contribution in [0.5, 0.6) is 0 Å². The first-order chi connectivity index (χ1) is 12.1. The Hall–Kier alpha value is -2.60. The molecule has 0 amide bonds. The Balaban J connectivity index is 1.83. The van der Waals surface area contributed by atoms with Crippen molar-refractivity contribution in [2.75, 3.05) is 18.5 Å². The van der Waals surface area contributed by atoms with Crippen LogP contribution in [0, 0.1) is 6.92 Å². The summed E-state index contributed by atoms with van der Waals surface area (Å²) in [6.07, 6.45) is 2.19. The number of esters is 1. The van der Waals surface area contributed by atoms with E-state index < -0.39 is 5.97 Å². The first kappa shape index (κ1) is 17.2. The molecule has 0 bridgehead atoms. The number of nitrogens with zero attached hydrogens (tertiary/aromatic N) is 2. The molecule has 3 aromatic rings. The number of anilines is 1. The van der Waals surface area contributed by atoms with Crippen LogP contribution in [0.1, 0.15) is 28.6 Å².